The third-order valence-corrected chi connectivity index (χ3v) is 5.87. The number of rotatable bonds is 7. The van der Waals surface area contributed by atoms with E-state index in [4.69, 9.17) is 12.2 Å². The molecule has 2 aromatic rings. The van der Waals surface area contributed by atoms with Crippen LogP contribution in [0, 0.1) is 11.7 Å². The summed E-state index contributed by atoms with van der Waals surface area (Å²) < 4.78 is 2.44. The summed E-state index contributed by atoms with van der Waals surface area (Å²) in [4.78, 5) is 14.9. The van der Waals surface area contributed by atoms with Gasteiger partial charge in [0.15, 0.2) is 10.6 Å². The van der Waals surface area contributed by atoms with E-state index in [1.807, 2.05) is 28.8 Å². The molecule has 1 aliphatic rings. The van der Waals surface area contributed by atoms with Crippen molar-refractivity contribution in [2.24, 2.45) is 0 Å². The average molecular weight is 402 g/mol. The molecule has 0 saturated carbocycles. The van der Waals surface area contributed by atoms with Gasteiger partial charge in [-0.3, -0.25) is 19.4 Å². The smallest absolute Gasteiger partial charge is 0.221 e. The molecule has 2 N–H and O–H groups in total. The molecule has 0 radical (unpaired) electrons. The molecular formula is C21H31N5OS. The van der Waals surface area contributed by atoms with Crippen molar-refractivity contribution >= 4 is 18.1 Å². The molecule has 3 rings (SSSR count). The van der Waals surface area contributed by atoms with Gasteiger partial charge in [-0.25, -0.2) is 0 Å². The number of piperidine rings is 1. The Balaban J connectivity index is 1.57. The first-order valence-electron chi connectivity index (χ1n) is 10.1. The lowest BCUT2D eigenvalue weighted by atomic mass is 9.98. The largest absolute Gasteiger partial charge is 0.354 e. The highest BCUT2D eigenvalue weighted by molar-refractivity contribution is 7.71. The van der Waals surface area contributed by atoms with Gasteiger partial charge < -0.3 is 5.32 Å². The Morgan fingerprint density at radius 1 is 1.21 bits per heavy atom. The minimum atomic E-state index is -0.0188. The number of nitrogens with zero attached hydrogens (tertiary/aromatic N) is 3. The number of hydrogen-bond acceptors (Lipinski definition) is 4. The molecule has 1 amide bonds. The summed E-state index contributed by atoms with van der Waals surface area (Å²) in [5, 5.41) is 10.3. The van der Waals surface area contributed by atoms with Gasteiger partial charge in [0.2, 0.25) is 5.91 Å². The Morgan fingerprint density at radius 2 is 1.89 bits per heavy atom. The molecule has 1 aliphatic heterocycles. The van der Waals surface area contributed by atoms with Crippen molar-refractivity contribution < 1.29 is 4.79 Å². The van der Waals surface area contributed by atoms with Gasteiger partial charge >= 0.3 is 0 Å². The standard InChI is InChI=1S/C21H31N5OS/c1-16-7-9-17(10-8-16)19-23-24-20(28)26(19)14-11-18(27)22-15-21(2,3)25-12-5-4-6-13-25/h7-10H,4-6,11-15H2,1-3H3,(H,22,27)(H,24,28). The molecule has 2 heterocycles. The second-order valence-corrected chi connectivity index (χ2v) is 8.64. The lowest BCUT2D eigenvalue weighted by molar-refractivity contribution is -0.121. The normalized spacial score (nSPS) is 15.5. The van der Waals surface area contributed by atoms with Gasteiger partial charge in [-0.05, 0) is 58.9 Å². The molecule has 0 unspecified atom stereocenters. The van der Waals surface area contributed by atoms with Crippen LogP contribution in [-0.4, -0.2) is 50.7 Å². The number of H-pyrrole nitrogens is 1. The Labute approximate surface area is 172 Å². The van der Waals surface area contributed by atoms with Crippen LogP contribution in [0.2, 0.25) is 0 Å². The topological polar surface area (TPSA) is 66.0 Å². The SMILES string of the molecule is Cc1ccc(-c2n[nH]c(=S)n2CCC(=O)NCC(C)(C)N2CCCCC2)cc1. The summed E-state index contributed by atoms with van der Waals surface area (Å²) in [5.41, 5.74) is 2.17. The van der Waals surface area contributed by atoms with Crippen LogP contribution in [-0.2, 0) is 11.3 Å². The molecule has 7 heteroatoms. The number of carbonyl (C=O) groups excluding carboxylic acids is 1. The maximum absolute atomic E-state index is 12.5. The van der Waals surface area contributed by atoms with E-state index in [9.17, 15) is 4.79 Å². The van der Waals surface area contributed by atoms with Crippen LogP contribution < -0.4 is 5.32 Å². The minimum absolute atomic E-state index is 0.0188. The fourth-order valence-corrected chi connectivity index (χ4v) is 3.90. The molecule has 28 heavy (non-hydrogen) atoms. The molecule has 0 bridgehead atoms. The van der Waals surface area contributed by atoms with Crippen molar-refractivity contribution in [3.63, 3.8) is 0 Å². The van der Waals surface area contributed by atoms with E-state index in [1.165, 1.54) is 24.8 Å². The zero-order valence-corrected chi connectivity index (χ0v) is 17.9. The quantitative estimate of drug-likeness (QED) is 0.695. The van der Waals surface area contributed by atoms with Gasteiger partial charge in [-0.15, -0.1) is 0 Å². The van der Waals surface area contributed by atoms with E-state index >= 15 is 0 Å². The molecule has 152 valence electrons. The van der Waals surface area contributed by atoms with Crippen LogP contribution in [0.25, 0.3) is 11.4 Å². The number of aryl methyl sites for hydroxylation is 1. The van der Waals surface area contributed by atoms with Crippen molar-refractivity contribution in [2.45, 2.75) is 58.5 Å². The number of carbonyl (C=O) groups is 1. The van der Waals surface area contributed by atoms with Crippen molar-refractivity contribution in [2.75, 3.05) is 19.6 Å². The molecule has 1 aromatic carbocycles. The van der Waals surface area contributed by atoms with Crippen molar-refractivity contribution in [1.82, 2.24) is 25.0 Å². The first-order valence-corrected chi connectivity index (χ1v) is 10.5. The van der Waals surface area contributed by atoms with Crippen molar-refractivity contribution in [3.8, 4) is 11.4 Å². The van der Waals surface area contributed by atoms with E-state index < -0.39 is 0 Å². The highest BCUT2D eigenvalue weighted by Crippen LogP contribution is 2.20. The Morgan fingerprint density at radius 3 is 2.57 bits per heavy atom. The molecule has 0 aliphatic carbocycles. The van der Waals surface area contributed by atoms with Crippen molar-refractivity contribution in [3.05, 3.63) is 34.6 Å². The van der Waals surface area contributed by atoms with Crippen molar-refractivity contribution in [1.29, 1.82) is 0 Å². The van der Waals surface area contributed by atoms with Crippen LogP contribution in [0.5, 0.6) is 0 Å². The Bertz CT molecular complexity index is 846. The molecule has 6 nitrogen and oxygen atoms in total. The minimum Gasteiger partial charge on any atom is -0.354 e. The molecule has 1 aromatic heterocycles. The van der Waals surface area contributed by atoms with Gasteiger partial charge in [0, 0.05) is 30.6 Å². The number of hydrogen-bond donors (Lipinski definition) is 2. The third kappa shape index (κ3) is 5.08. The first kappa shape index (κ1) is 20.7. The van der Waals surface area contributed by atoms with E-state index in [2.05, 4.69) is 41.2 Å². The third-order valence-electron chi connectivity index (χ3n) is 5.56. The Hall–Kier alpha value is -1.99. The van der Waals surface area contributed by atoms with Gasteiger partial charge in [0.25, 0.3) is 0 Å². The number of likely N-dealkylation sites (tertiary alicyclic amines) is 1. The lowest BCUT2D eigenvalue weighted by Crippen LogP contribution is -2.53. The summed E-state index contributed by atoms with van der Waals surface area (Å²) in [6.07, 6.45) is 4.19. The van der Waals surface area contributed by atoms with Crippen LogP contribution in [0.4, 0.5) is 0 Å². The second kappa shape index (κ2) is 9.01. The maximum Gasteiger partial charge on any atom is 0.221 e. The molecule has 0 atom stereocenters. The van der Waals surface area contributed by atoms with Gasteiger partial charge in [0.05, 0.1) is 0 Å². The van der Waals surface area contributed by atoms with Crippen LogP contribution in [0.15, 0.2) is 24.3 Å². The summed E-state index contributed by atoms with van der Waals surface area (Å²) in [6.45, 7) is 9.87. The number of benzene rings is 1. The summed E-state index contributed by atoms with van der Waals surface area (Å²) in [7, 11) is 0. The molecular weight excluding hydrogens is 370 g/mol. The predicted molar refractivity (Wildman–Crippen MR) is 115 cm³/mol. The van der Waals surface area contributed by atoms with E-state index in [0.717, 1.165) is 24.5 Å². The zero-order valence-electron chi connectivity index (χ0n) is 17.1. The van der Waals surface area contributed by atoms with Crippen LogP contribution in [0.3, 0.4) is 0 Å². The van der Waals surface area contributed by atoms with E-state index in [-0.39, 0.29) is 11.4 Å². The van der Waals surface area contributed by atoms with E-state index in [1.54, 1.807) is 0 Å². The highest BCUT2D eigenvalue weighted by atomic mass is 32.1. The number of aromatic nitrogens is 3. The van der Waals surface area contributed by atoms with Gasteiger partial charge in [-0.2, -0.15) is 5.10 Å². The summed E-state index contributed by atoms with van der Waals surface area (Å²) in [5.74, 6) is 0.814. The highest BCUT2D eigenvalue weighted by Gasteiger charge is 2.28. The number of nitrogens with one attached hydrogen (secondary N) is 2. The maximum atomic E-state index is 12.5. The second-order valence-electron chi connectivity index (χ2n) is 8.26. The Kier molecular flexibility index (Phi) is 6.67. The monoisotopic (exact) mass is 401 g/mol. The molecule has 1 fully saturated rings. The zero-order chi connectivity index (χ0) is 20.1. The molecule has 0 spiro atoms. The fourth-order valence-electron chi connectivity index (χ4n) is 3.68. The van der Waals surface area contributed by atoms with Gasteiger partial charge in [0.1, 0.15) is 0 Å². The van der Waals surface area contributed by atoms with Crippen LogP contribution in [0.1, 0.15) is 45.1 Å². The first-order chi connectivity index (χ1) is 13.4. The fraction of sp³-hybridized carbons (Fsp3) is 0.571. The van der Waals surface area contributed by atoms with Gasteiger partial charge in [-0.1, -0.05) is 36.2 Å². The number of amides is 1. The average Bonchev–Trinajstić information content (AvgIpc) is 3.06. The van der Waals surface area contributed by atoms with Crippen LogP contribution >= 0.6 is 12.2 Å². The predicted octanol–water partition coefficient (Wildman–Crippen LogP) is 3.69. The van der Waals surface area contributed by atoms with E-state index in [0.29, 0.717) is 24.3 Å². The lowest BCUT2D eigenvalue weighted by Gasteiger charge is -2.41. The summed E-state index contributed by atoms with van der Waals surface area (Å²) in [6, 6.07) is 8.15. The molecule has 1 saturated heterocycles. The summed E-state index contributed by atoms with van der Waals surface area (Å²) >= 11 is 5.37. The number of aromatic amines is 1.